The molecule has 1 aromatic carbocycles. The fraction of sp³-hybridized carbons (Fsp3) is 0.304. The molecular formula is C23H26N4O3S. The van der Waals surface area contributed by atoms with Crippen LogP contribution in [0.5, 0.6) is 0 Å². The number of benzene rings is 1. The number of amides is 2. The molecular weight excluding hydrogens is 412 g/mol. The van der Waals surface area contributed by atoms with Gasteiger partial charge in [0.05, 0.1) is 12.2 Å². The molecule has 7 nitrogen and oxygen atoms in total. The molecule has 2 amide bonds. The minimum atomic E-state index is -0.768. The van der Waals surface area contributed by atoms with Gasteiger partial charge in [0.2, 0.25) is 5.91 Å². The number of hydrogen-bond donors (Lipinski definition) is 2. The molecule has 0 aliphatic rings. The van der Waals surface area contributed by atoms with Crippen LogP contribution >= 0.6 is 11.3 Å². The molecule has 2 aromatic heterocycles. The fourth-order valence-electron chi connectivity index (χ4n) is 2.83. The molecule has 1 unspecified atom stereocenters. The maximum atomic E-state index is 12.9. The van der Waals surface area contributed by atoms with Crippen molar-refractivity contribution >= 4 is 23.3 Å². The number of alkyl carbamates (subject to hydrolysis) is 1. The molecule has 8 heteroatoms. The van der Waals surface area contributed by atoms with Crippen LogP contribution < -0.4 is 10.6 Å². The molecule has 0 bridgehead atoms. The number of carbonyl (C=O) groups is 2. The van der Waals surface area contributed by atoms with Gasteiger partial charge < -0.3 is 15.4 Å². The van der Waals surface area contributed by atoms with Gasteiger partial charge in [0, 0.05) is 29.8 Å². The lowest BCUT2D eigenvalue weighted by Gasteiger charge is -2.23. The Labute approximate surface area is 185 Å². The number of nitrogens with one attached hydrogen (secondary N) is 2. The Morgan fingerprint density at radius 2 is 1.81 bits per heavy atom. The summed E-state index contributed by atoms with van der Waals surface area (Å²) in [6, 6.07) is 12.5. The van der Waals surface area contributed by atoms with E-state index < -0.39 is 17.7 Å². The molecule has 0 fully saturated rings. The summed E-state index contributed by atoms with van der Waals surface area (Å²) in [5.74, 6) is -0.298. The smallest absolute Gasteiger partial charge is 0.408 e. The van der Waals surface area contributed by atoms with Crippen LogP contribution in [-0.2, 0) is 22.5 Å². The van der Waals surface area contributed by atoms with Crippen molar-refractivity contribution < 1.29 is 14.3 Å². The van der Waals surface area contributed by atoms with E-state index in [1.54, 1.807) is 33.2 Å². The van der Waals surface area contributed by atoms with E-state index in [4.69, 9.17) is 4.74 Å². The first-order chi connectivity index (χ1) is 14.8. The molecule has 2 N–H and O–H groups in total. The second-order valence-electron chi connectivity index (χ2n) is 7.99. The van der Waals surface area contributed by atoms with Crippen molar-refractivity contribution in [2.24, 2.45) is 0 Å². The maximum Gasteiger partial charge on any atom is 0.408 e. The summed E-state index contributed by atoms with van der Waals surface area (Å²) in [5, 5.41) is 8.33. The summed E-state index contributed by atoms with van der Waals surface area (Å²) >= 11 is 1.50. The summed E-state index contributed by atoms with van der Waals surface area (Å²) in [5.41, 5.74) is 2.02. The minimum absolute atomic E-state index is 0.266. The molecule has 31 heavy (non-hydrogen) atoms. The van der Waals surface area contributed by atoms with Gasteiger partial charge in [0.25, 0.3) is 0 Å². The zero-order valence-corrected chi connectivity index (χ0v) is 18.6. The lowest BCUT2D eigenvalue weighted by Crippen LogP contribution is -2.49. The highest BCUT2D eigenvalue weighted by Gasteiger charge is 2.24. The van der Waals surface area contributed by atoms with Crippen molar-refractivity contribution in [3.63, 3.8) is 0 Å². The van der Waals surface area contributed by atoms with Crippen LogP contribution in [0.1, 0.15) is 32.0 Å². The Kier molecular flexibility index (Phi) is 7.36. The van der Waals surface area contributed by atoms with Gasteiger partial charge in [0.1, 0.15) is 16.7 Å². The third-order valence-electron chi connectivity index (χ3n) is 4.21. The normalized spacial score (nSPS) is 12.1. The third-order valence-corrected chi connectivity index (χ3v) is 5.15. The largest absolute Gasteiger partial charge is 0.444 e. The van der Waals surface area contributed by atoms with E-state index >= 15 is 0 Å². The number of rotatable bonds is 7. The topological polar surface area (TPSA) is 93.2 Å². The highest BCUT2D eigenvalue weighted by molar-refractivity contribution is 7.13. The van der Waals surface area contributed by atoms with Crippen molar-refractivity contribution in [2.45, 2.75) is 45.4 Å². The number of nitrogens with zero attached hydrogens (tertiary/aromatic N) is 2. The Balaban J connectivity index is 1.65. The van der Waals surface area contributed by atoms with E-state index in [0.717, 1.165) is 21.8 Å². The van der Waals surface area contributed by atoms with Crippen LogP contribution in [-0.4, -0.2) is 33.6 Å². The number of aromatic nitrogens is 2. The molecule has 162 valence electrons. The van der Waals surface area contributed by atoms with Crippen LogP contribution in [0.3, 0.4) is 0 Å². The van der Waals surface area contributed by atoms with E-state index in [-0.39, 0.29) is 12.5 Å². The lowest BCUT2D eigenvalue weighted by atomic mass is 10.1. The molecule has 0 saturated heterocycles. The first kappa shape index (κ1) is 22.4. The average molecular weight is 439 g/mol. The van der Waals surface area contributed by atoms with Gasteiger partial charge in [-0.2, -0.15) is 0 Å². The van der Waals surface area contributed by atoms with Gasteiger partial charge in [-0.05, 0) is 38.5 Å². The van der Waals surface area contributed by atoms with E-state index in [0.29, 0.717) is 6.42 Å². The number of pyridine rings is 1. The van der Waals surface area contributed by atoms with Crippen molar-refractivity contribution in [1.29, 1.82) is 0 Å². The van der Waals surface area contributed by atoms with Crippen LogP contribution in [0.15, 0.2) is 60.2 Å². The average Bonchev–Trinajstić information content (AvgIpc) is 3.21. The standard InChI is InChI=1S/C23H26N4O3S/c1-23(2,3)30-22(29)27-19(13-16-7-5-4-6-8-16)20(28)25-14-18-15-31-21(26-18)17-9-11-24-12-10-17/h4-12,15,19H,13-14H2,1-3H3,(H,25,28)(H,27,29). The van der Waals surface area contributed by atoms with E-state index in [9.17, 15) is 9.59 Å². The van der Waals surface area contributed by atoms with Gasteiger partial charge in [-0.25, -0.2) is 9.78 Å². The fourth-order valence-corrected chi connectivity index (χ4v) is 3.65. The molecule has 0 saturated carbocycles. The predicted octanol–water partition coefficient (Wildman–Crippen LogP) is 3.96. The second kappa shape index (κ2) is 10.2. The van der Waals surface area contributed by atoms with Gasteiger partial charge in [-0.15, -0.1) is 11.3 Å². The molecule has 0 radical (unpaired) electrons. The number of carbonyl (C=O) groups excluding carboxylic acids is 2. The van der Waals surface area contributed by atoms with Gasteiger partial charge in [0.15, 0.2) is 0 Å². The Hall–Kier alpha value is -3.26. The summed E-state index contributed by atoms with van der Waals surface area (Å²) in [6.07, 6.45) is 3.16. The summed E-state index contributed by atoms with van der Waals surface area (Å²) in [6.45, 7) is 5.60. The van der Waals surface area contributed by atoms with Gasteiger partial charge in [-0.3, -0.25) is 9.78 Å². The summed E-state index contributed by atoms with van der Waals surface area (Å²) in [7, 11) is 0. The van der Waals surface area contributed by atoms with E-state index in [1.165, 1.54) is 11.3 Å². The molecule has 2 heterocycles. The first-order valence-electron chi connectivity index (χ1n) is 9.96. The predicted molar refractivity (Wildman–Crippen MR) is 120 cm³/mol. The van der Waals surface area contributed by atoms with Crippen molar-refractivity contribution in [1.82, 2.24) is 20.6 Å². The van der Waals surface area contributed by atoms with Crippen molar-refractivity contribution in [3.8, 4) is 10.6 Å². The number of hydrogen-bond acceptors (Lipinski definition) is 6. The quantitative estimate of drug-likeness (QED) is 0.582. The van der Waals surface area contributed by atoms with Gasteiger partial charge in [-0.1, -0.05) is 30.3 Å². The SMILES string of the molecule is CC(C)(C)OC(=O)NC(Cc1ccccc1)C(=O)NCc1csc(-c2ccncc2)n1. The molecule has 3 aromatic rings. The van der Waals surface area contributed by atoms with Crippen LogP contribution in [0.25, 0.3) is 10.6 Å². The summed E-state index contributed by atoms with van der Waals surface area (Å²) in [4.78, 5) is 33.7. The Bertz CT molecular complexity index is 1000. The van der Waals surface area contributed by atoms with Crippen molar-refractivity contribution in [2.75, 3.05) is 0 Å². The monoisotopic (exact) mass is 438 g/mol. The van der Waals surface area contributed by atoms with E-state index in [2.05, 4.69) is 20.6 Å². The number of ether oxygens (including phenoxy) is 1. The van der Waals surface area contributed by atoms with E-state index in [1.807, 2.05) is 47.8 Å². The highest BCUT2D eigenvalue weighted by atomic mass is 32.1. The number of thiazole rings is 1. The molecule has 1 atom stereocenters. The maximum absolute atomic E-state index is 12.9. The highest BCUT2D eigenvalue weighted by Crippen LogP contribution is 2.22. The Morgan fingerprint density at radius 3 is 2.48 bits per heavy atom. The first-order valence-corrected chi connectivity index (χ1v) is 10.8. The van der Waals surface area contributed by atoms with Gasteiger partial charge >= 0.3 is 6.09 Å². The molecule has 3 rings (SSSR count). The minimum Gasteiger partial charge on any atom is -0.444 e. The second-order valence-corrected chi connectivity index (χ2v) is 8.84. The van der Waals surface area contributed by atoms with Crippen LogP contribution in [0, 0.1) is 0 Å². The zero-order chi connectivity index (χ0) is 22.3. The van der Waals surface area contributed by atoms with Crippen LogP contribution in [0.4, 0.5) is 4.79 Å². The molecule has 0 aliphatic carbocycles. The zero-order valence-electron chi connectivity index (χ0n) is 17.8. The summed E-state index contributed by atoms with van der Waals surface area (Å²) < 4.78 is 5.33. The molecule has 0 spiro atoms. The third kappa shape index (κ3) is 7.18. The molecule has 0 aliphatic heterocycles. The van der Waals surface area contributed by atoms with Crippen LogP contribution in [0.2, 0.25) is 0 Å². The lowest BCUT2D eigenvalue weighted by molar-refractivity contribution is -0.123. The Morgan fingerprint density at radius 1 is 1.10 bits per heavy atom. The van der Waals surface area contributed by atoms with Crippen molar-refractivity contribution in [3.05, 3.63) is 71.5 Å².